The van der Waals surface area contributed by atoms with Crippen molar-refractivity contribution in [2.75, 3.05) is 39.9 Å². The number of hydrogen-bond donors (Lipinski definition) is 0. The van der Waals surface area contributed by atoms with Gasteiger partial charge in [0.05, 0.1) is 18.2 Å². The van der Waals surface area contributed by atoms with Crippen molar-refractivity contribution in [3.8, 4) is 11.5 Å². The van der Waals surface area contributed by atoms with Crippen LogP contribution in [0.15, 0.2) is 48.5 Å². The first-order chi connectivity index (χ1) is 14.8. The number of ether oxygens (including phenoxy) is 2. The highest BCUT2D eigenvalue weighted by atomic mass is 19.4. The second kappa shape index (κ2) is 9.72. The second-order valence-electron chi connectivity index (χ2n) is 7.01. The maximum absolute atomic E-state index is 13.3. The average Bonchev–Trinajstić information content (AvgIpc) is 3.03. The SMILES string of the molecule is COc1ccccc1OCC(=O)N1CCCN(C(=O)c2ccccc2C(F)(F)F)CC1. The number of carbonyl (C=O) groups excluding carboxylic acids is 2. The summed E-state index contributed by atoms with van der Waals surface area (Å²) in [6.45, 7) is 0.811. The zero-order valence-corrected chi connectivity index (χ0v) is 17.0. The van der Waals surface area contributed by atoms with Gasteiger partial charge in [-0.25, -0.2) is 0 Å². The fraction of sp³-hybridized carbons (Fsp3) is 0.364. The summed E-state index contributed by atoms with van der Waals surface area (Å²) in [6, 6.07) is 11.7. The molecule has 0 saturated carbocycles. The van der Waals surface area contributed by atoms with Crippen LogP contribution < -0.4 is 9.47 Å². The minimum absolute atomic E-state index is 0.144. The molecule has 0 unspecified atom stereocenters. The average molecular weight is 436 g/mol. The van der Waals surface area contributed by atoms with E-state index in [0.717, 1.165) is 6.07 Å². The van der Waals surface area contributed by atoms with Crippen molar-refractivity contribution in [3.63, 3.8) is 0 Å². The number of para-hydroxylation sites is 2. The molecule has 9 heteroatoms. The molecule has 31 heavy (non-hydrogen) atoms. The fourth-order valence-corrected chi connectivity index (χ4v) is 3.43. The maximum atomic E-state index is 13.3. The highest BCUT2D eigenvalue weighted by Crippen LogP contribution is 2.32. The van der Waals surface area contributed by atoms with Crippen LogP contribution in [0.5, 0.6) is 11.5 Å². The summed E-state index contributed by atoms with van der Waals surface area (Å²) in [6.07, 6.45) is -4.16. The molecule has 0 bridgehead atoms. The predicted octanol–water partition coefficient (Wildman–Crippen LogP) is 3.47. The van der Waals surface area contributed by atoms with Gasteiger partial charge in [0.1, 0.15) is 0 Å². The topological polar surface area (TPSA) is 59.1 Å². The van der Waals surface area contributed by atoms with Crippen LogP contribution in [-0.2, 0) is 11.0 Å². The van der Waals surface area contributed by atoms with Gasteiger partial charge in [0.2, 0.25) is 0 Å². The van der Waals surface area contributed by atoms with Gasteiger partial charge in [-0.1, -0.05) is 24.3 Å². The van der Waals surface area contributed by atoms with E-state index in [1.165, 1.54) is 30.2 Å². The van der Waals surface area contributed by atoms with Crippen LogP contribution >= 0.6 is 0 Å². The van der Waals surface area contributed by atoms with E-state index in [4.69, 9.17) is 9.47 Å². The molecule has 2 aromatic carbocycles. The molecule has 0 radical (unpaired) electrons. The van der Waals surface area contributed by atoms with Gasteiger partial charge in [-0.2, -0.15) is 13.2 Å². The van der Waals surface area contributed by atoms with E-state index in [1.807, 2.05) is 0 Å². The van der Waals surface area contributed by atoms with Crippen LogP contribution in [0.4, 0.5) is 13.2 Å². The van der Waals surface area contributed by atoms with Crippen LogP contribution in [0.1, 0.15) is 22.3 Å². The Morgan fingerprint density at radius 2 is 1.52 bits per heavy atom. The summed E-state index contributed by atoms with van der Waals surface area (Å²) in [7, 11) is 1.50. The maximum Gasteiger partial charge on any atom is 0.417 e. The van der Waals surface area contributed by atoms with Crippen molar-refractivity contribution in [1.82, 2.24) is 9.80 Å². The third kappa shape index (κ3) is 5.48. The minimum atomic E-state index is -4.62. The Balaban J connectivity index is 1.62. The first-order valence-corrected chi connectivity index (χ1v) is 9.80. The van der Waals surface area contributed by atoms with Crippen LogP contribution in [0, 0.1) is 0 Å². The number of alkyl halides is 3. The van der Waals surface area contributed by atoms with E-state index >= 15 is 0 Å². The molecule has 0 spiro atoms. The summed E-state index contributed by atoms with van der Waals surface area (Å²) in [4.78, 5) is 28.2. The molecule has 2 aromatic rings. The summed E-state index contributed by atoms with van der Waals surface area (Å²) in [5.41, 5.74) is -1.34. The third-order valence-electron chi connectivity index (χ3n) is 5.02. The second-order valence-corrected chi connectivity index (χ2v) is 7.01. The van der Waals surface area contributed by atoms with E-state index in [-0.39, 0.29) is 37.7 Å². The number of nitrogens with zero attached hydrogens (tertiary/aromatic N) is 2. The highest BCUT2D eigenvalue weighted by molar-refractivity contribution is 5.96. The third-order valence-corrected chi connectivity index (χ3v) is 5.02. The van der Waals surface area contributed by atoms with E-state index in [2.05, 4.69) is 0 Å². The Labute approximate surface area is 178 Å². The molecule has 0 aliphatic carbocycles. The van der Waals surface area contributed by atoms with Crippen molar-refractivity contribution in [1.29, 1.82) is 0 Å². The Morgan fingerprint density at radius 3 is 2.23 bits per heavy atom. The van der Waals surface area contributed by atoms with Crippen LogP contribution in [0.25, 0.3) is 0 Å². The van der Waals surface area contributed by atoms with E-state index in [1.54, 1.807) is 29.2 Å². The summed E-state index contributed by atoms with van der Waals surface area (Å²) >= 11 is 0. The molecule has 3 rings (SSSR count). The summed E-state index contributed by atoms with van der Waals surface area (Å²) in [5.74, 6) is -0.0107. The van der Waals surface area contributed by atoms with Crippen molar-refractivity contribution in [3.05, 3.63) is 59.7 Å². The molecule has 2 amide bonds. The van der Waals surface area contributed by atoms with Gasteiger partial charge < -0.3 is 19.3 Å². The number of methoxy groups -OCH3 is 1. The smallest absolute Gasteiger partial charge is 0.417 e. The standard InChI is InChI=1S/C22H23F3N2O4/c1-30-18-9-4-5-10-19(18)31-15-20(28)26-11-6-12-27(14-13-26)21(29)16-7-2-3-8-17(16)22(23,24)25/h2-5,7-10H,6,11-15H2,1H3. The van der Waals surface area contributed by atoms with Crippen LogP contribution in [-0.4, -0.2) is 61.5 Å². The zero-order chi connectivity index (χ0) is 22.4. The monoisotopic (exact) mass is 436 g/mol. The lowest BCUT2D eigenvalue weighted by Gasteiger charge is -2.23. The molecule has 1 heterocycles. The van der Waals surface area contributed by atoms with E-state index in [9.17, 15) is 22.8 Å². The number of carbonyl (C=O) groups is 2. The van der Waals surface area contributed by atoms with Gasteiger partial charge in [-0.05, 0) is 30.7 Å². The lowest BCUT2D eigenvalue weighted by molar-refractivity contribution is -0.138. The highest BCUT2D eigenvalue weighted by Gasteiger charge is 2.36. The lowest BCUT2D eigenvalue weighted by Crippen LogP contribution is -2.39. The van der Waals surface area contributed by atoms with Crippen LogP contribution in [0.2, 0.25) is 0 Å². The molecule has 0 atom stereocenters. The Morgan fingerprint density at radius 1 is 0.903 bits per heavy atom. The molecule has 6 nitrogen and oxygen atoms in total. The number of rotatable bonds is 5. The predicted molar refractivity (Wildman–Crippen MR) is 107 cm³/mol. The van der Waals surface area contributed by atoms with Crippen molar-refractivity contribution < 1.29 is 32.2 Å². The van der Waals surface area contributed by atoms with Crippen molar-refractivity contribution >= 4 is 11.8 Å². The van der Waals surface area contributed by atoms with E-state index < -0.39 is 17.6 Å². The Bertz CT molecular complexity index is 933. The largest absolute Gasteiger partial charge is 0.493 e. The van der Waals surface area contributed by atoms with Gasteiger partial charge in [0, 0.05) is 26.2 Å². The lowest BCUT2D eigenvalue weighted by atomic mass is 10.1. The first kappa shape index (κ1) is 22.5. The molecular weight excluding hydrogens is 413 g/mol. The molecule has 1 fully saturated rings. The van der Waals surface area contributed by atoms with Gasteiger partial charge in [-0.15, -0.1) is 0 Å². The molecule has 1 aliphatic heterocycles. The van der Waals surface area contributed by atoms with Gasteiger partial charge in [0.25, 0.3) is 11.8 Å². The zero-order valence-electron chi connectivity index (χ0n) is 17.0. The molecule has 1 saturated heterocycles. The minimum Gasteiger partial charge on any atom is -0.493 e. The molecule has 166 valence electrons. The summed E-state index contributed by atoms with van der Waals surface area (Å²) in [5, 5.41) is 0. The summed E-state index contributed by atoms with van der Waals surface area (Å²) < 4.78 is 50.5. The fourth-order valence-electron chi connectivity index (χ4n) is 3.43. The van der Waals surface area contributed by atoms with Crippen molar-refractivity contribution in [2.45, 2.75) is 12.6 Å². The Kier molecular flexibility index (Phi) is 7.04. The number of amides is 2. The molecular formula is C22H23F3N2O4. The quantitative estimate of drug-likeness (QED) is 0.720. The van der Waals surface area contributed by atoms with Crippen molar-refractivity contribution in [2.24, 2.45) is 0 Å². The first-order valence-electron chi connectivity index (χ1n) is 9.80. The van der Waals surface area contributed by atoms with Gasteiger partial charge >= 0.3 is 6.18 Å². The van der Waals surface area contributed by atoms with Crippen LogP contribution in [0.3, 0.4) is 0 Å². The Hall–Kier alpha value is -3.23. The number of halogens is 3. The number of benzene rings is 2. The molecule has 0 aromatic heterocycles. The molecule has 1 aliphatic rings. The van der Waals surface area contributed by atoms with Gasteiger partial charge in [-0.3, -0.25) is 9.59 Å². The molecule has 0 N–H and O–H groups in total. The normalized spacial score (nSPS) is 14.7. The number of hydrogen-bond acceptors (Lipinski definition) is 4. The van der Waals surface area contributed by atoms with Gasteiger partial charge in [0.15, 0.2) is 18.1 Å². The van der Waals surface area contributed by atoms with E-state index in [0.29, 0.717) is 24.5 Å².